The number of ether oxygens (including phenoxy) is 1. The van der Waals surface area contributed by atoms with Crippen LogP contribution in [0.15, 0.2) is 65.3 Å². The van der Waals surface area contributed by atoms with Crippen LogP contribution in [-0.4, -0.2) is 29.2 Å². The lowest BCUT2D eigenvalue weighted by Gasteiger charge is -2.12. The van der Waals surface area contributed by atoms with Crippen molar-refractivity contribution < 1.29 is 9.15 Å². The summed E-state index contributed by atoms with van der Waals surface area (Å²) in [6, 6.07) is 18.6. The van der Waals surface area contributed by atoms with Gasteiger partial charge in [0.25, 0.3) is 0 Å². The molecule has 0 amide bonds. The maximum absolute atomic E-state index is 6.26. The van der Waals surface area contributed by atoms with Crippen LogP contribution < -0.4 is 5.32 Å². The molecule has 0 radical (unpaired) electrons. The Bertz CT molecular complexity index is 1110. The molecule has 5 heteroatoms. The first kappa shape index (κ1) is 17.9. The van der Waals surface area contributed by atoms with Crippen molar-refractivity contribution in [2.24, 2.45) is 0 Å². The van der Waals surface area contributed by atoms with E-state index >= 15 is 0 Å². The standard InChI is InChI=1S/C24H23N3O2/c1-16-9-11-17(12-10-16)20-21-23(25-14-19-8-5-13-28-19)26-15-27-24(21)29-22(20)18-6-3-2-4-7-18/h2-4,6-7,9-12,15,19H,5,8,13-14H2,1H3,(H,25,26,27). The van der Waals surface area contributed by atoms with Gasteiger partial charge in [0.05, 0.1) is 11.5 Å². The number of benzene rings is 2. The Hall–Kier alpha value is -3.18. The van der Waals surface area contributed by atoms with Gasteiger partial charge in [0.2, 0.25) is 5.71 Å². The van der Waals surface area contributed by atoms with Gasteiger partial charge in [-0.25, -0.2) is 9.97 Å². The zero-order valence-electron chi connectivity index (χ0n) is 16.4. The number of aromatic nitrogens is 2. The van der Waals surface area contributed by atoms with Crippen molar-refractivity contribution in [1.82, 2.24) is 9.97 Å². The summed E-state index contributed by atoms with van der Waals surface area (Å²) < 4.78 is 12.0. The van der Waals surface area contributed by atoms with Crippen LogP contribution in [0.1, 0.15) is 18.4 Å². The first-order valence-corrected chi connectivity index (χ1v) is 10.0. The zero-order valence-corrected chi connectivity index (χ0v) is 16.4. The number of rotatable bonds is 5. The van der Waals surface area contributed by atoms with Gasteiger partial charge in [-0.15, -0.1) is 0 Å². The first-order chi connectivity index (χ1) is 14.3. The quantitative estimate of drug-likeness (QED) is 0.494. The van der Waals surface area contributed by atoms with E-state index < -0.39 is 0 Å². The molecule has 0 aliphatic carbocycles. The number of nitrogens with one attached hydrogen (secondary N) is 1. The molecule has 1 saturated heterocycles. The summed E-state index contributed by atoms with van der Waals surface area (Å²) >= 11 is 0. The van der Waals surface area contributed by atoms with Crippen LogP contribution in [0.4, 0.5) is 5.82 Å². The summed E-state index contributed by atoms with van der Waals surface area (Å²) in [4.78, 5) is 8.96. The molecule has 1 aliphatic heterocycles. The van der Waals surface area contributed by atoms with Gasteiger partial charge >= 0.3 is 0 Å². The minimum atomic E-state index is 0.225. The summed E-state index contributed by atoms with van der Waals surface area (Å²) in [5, 5.41) is 4.39. The van der Waals surface area contributed by atoms with Crippen molar-refractivity contribution in [2.75, 3.05) is 18.5 Å². The summed E-state index contributed by atoms with van der Waals surface area (Å²) in [6.07, 6.45) is 3.97. The fourth-order valence-corrected chi connectivity index (χ4v) is 3.87. The summed E-state index contributed by atoms with van der Waals surface area (Å²) in [5.74, 6) is 1.59. The molecule has 3 heterocycles. The van der Waals surface area contributed by atoms with E-state index in [0.29, 0.717) is 5.71 Å². The van der Waals surface area contributed by atoms with Gasteiger partial charge in [-0.1, -0.05) is 60.2 Å². The molecular formula is C24H23N3O2. The van der Waals surface area contributed by atoms with E-state index in [2.05, 4.69) is 58.6 Å². The molecule has 146 valence electrons. The third-order valence-corrected chi connectivity index (χ3v) is 5.39. The Balaban J connectivity index is 1.67. The molecule has 29 heavy (non-hydrogen) atoms. The van der Waals surface area contributed by atoms with E-state index in [-0.39, 0.29) is 6.10 Å². The van der Waals surface area contributed by atoms with Crippen LogP contribution in [-0.2, 0) is 4.74 Å². The molecule has 1 fully saturated rings. The molecule has 2 aromatic heterocycles. The van der Waals surface area contributed by atoms with Crippen LogP contribution >= 0.6 is 0 Å². The van der Waals surface area contributed by atoms with Gasteiger partial charge in [-0.05, 0) is 25.3 Å². The monoisotopic (exact) mass is 385 g/mol. The fraction of sp³-hybridized carbons (Fsp3) is 0.250. The van der Waals surface area contributed by atoms with Crippen LogP contribution in [0, 0.1) is 6.92 Å². The molecule has 4 aromatic rings. The van der Waals surface area contributed by atoms with Crippen molar-refractivity contribution in [3.05, 3.63) is 66.5 Å². The largest absolute Gasteiger partial charge is 0.437 e. The number of furan rings is 1. The van der Waals surface area contributed by atoms with Gasteiger partial charge in [0.15, 0.2) is 0 Å². The number of anilines is 1. The molecule has 1 atom stereocenters. The number of hydrogen-bond acceptors (Lipinski definition) is 5. The number of nitrogens with zero attached hydrogens (tertiary/aromatic N) is 2. The van der Waals surface area contributed by atoms with Gasteiger partial charge in [0, 0.05) is 24.3 Å². The third-order valence-electron chi connectivity index (χ3n) is 5.39. The molecule has 2 aromatic carbocycles. The van der Waals surface area contributed by atoms with E-state index in [1.165, 1.54) is 5.56 Å². The van der Waals surface area contributed by atoms with E-state index in [9.17, 15) is 0 Å². The van der Waals surface area contributed by atoms with Crippen LogP contribution in [0.2, 0.25) is 0 Å². The van der Waals surface area contributed by atoms with Crippen molar-refractivity contribution >= 4 is 16.9 Å². The van der Waals surface area contributed by atoms with Crippen LogP contribution in [0.5, 0.6) is 0 Å². The smallest absolute Gasteiger partial charge is 0.232 e. The second kappa shape index (κ2) is 7.68. The van der Waals surface area contributed by atoms with E-state index in [1.54, 1.807) is 6.33 Å². The summed E-state index contributed by atoms with van der Waals surface area (Å²) in [6.45, 7) is 3.66. The summed E-state index contributed by atoms with van der Waals surface area (Å²) in [5.41, 5.74) is 4.93. The fourth-order valence-electron chi connectivity index (χ4n) is 3.87. The average molecular weight is 385 g/mol. The van der Waals surface area contributed by atoms with Crippen molar-refractivity contribution in [2.45, 2.75) is 25.9 Å². The van der Waals surface area contributed by atoms with Crippen LogP contribution in [0.3, 0.4) is 0 Å². The van der Waals surface area contributed by atoms with Gasteiger partial charge < -0.3 is 14.5 Å². The van der Waals surface area contributed by atoms with Crippen molar-refractivity contribution in [1.29, 1.82) is 0 Å². The molecule has 5 rings (SSSR count). The average Bonchev–Trinajstić information content (AvgIpc) is 3.41. The molecule has 0 bridgehead atoms. The SMILES string of the molecule is Cc1ccc(-c2c(-c3ccccc3)oc3ncnc(NCC4CCCO4)c23)cc1. The molecular weight excluding hydrogens is 362 g/mol. The number of aryl methyl sites for hydroxylation is 1. The Morgan fingerprint density at radius 2 is 1.83 bits per heavy atom. The Morgan fingerprint density at radius 1 is 1.00 bits per heavy atom. The topological polar surface area (TPSA) is 60.2 Å². The highest BCUT2D eigenvalue weighted by Gasteiger charge is 2.23. The Morgan fingerprint density at radius 3 is 2.59 bits per heavy atom. The third kappa shape index (κ3) is 3.49. The van der Waals surface area contributed by atoms with Crippen molar-refractivity contribution in [3.8, 4) is 22.5 Å². The lowest BCUT2D eigenvalue weighted by Crippen LogP contribution is -2.19. The first-order valence-electron chi connectivity index (χ1n) is 10.0. The zero-order chi connectivity index (χ0) is 19.6. The van der Waals surface area contributed by atoms with Crippen molar-refractivity contribution in [3.63, 3.8) is 0 Å². The normalized spacial score (nSPS) is 16.4. The van der Waals surface area contributed by atoms with E-state index in [1.807, 2.05) is 18.2 Å². The molecule has 0 spiro atoms. The van der Waals surface area contributed by atoms with Crippen LogP contribution in [0.25, 0.3) is 33.6 Å². The minimum absolute atomic E-state index is 0.225. The maximum Gasteiger partial charge on any atom is 0.232 e. The van der Waals surface area contributed by atoms with E-state index in [4.69, 9.17) is 9.15 Å². The lowest BCUT2D eigenvalue weighted by molar-refractivity contribution is 0.120. The molecule has 1 N–H and O–H groups in total. The summed E-state index contributed by atoms with van der Waals surface area (Å²) in [7, 11) is 0. The minimum Gasteiger partial charge on any atom is -0.437 e. The highest BCUT2D eigenvalue weighted by molar-refractivity contribution is 6.05. The molecule has 1 aliphatic rings. The maximum atomic E-state index is 6.26. The Kier molecular flexibility index (Phi) is 4.74. The number of hydrogen-bond donors (Lipinski definition) is 1. The van der Waals surface area contributed by atoms with E-state index in [0.717, 1.165) is 59.6 Å². The van der Waals surface area contributed by atoms with Gasteiger partial charge in [-0.2, -0.15) is 0 Å². The molecule has 5 nitrogen and oxygen atoms in total. The Labute approximate surface area is 169 Å². The highest BCUT2D eigenvalue weighted by atomic mass is 16.5. The van der Waals surface area contributed by atoms with Gasteiger partial charge in [-0.3, -0.25) is 0 Å². The highest BCUT2D eigenvalue weighted by Crippen LogP contribution is 2.42. The molecule has 1 unspecified atom stereocenters. The molecule has 0 saturated carbocycles. The predicted molar refractivity (Wildman–Crippen MR) is 115 cm³/mol. The second-order valence-electron chi connectivity index (χ2n) is 7.46. The predicted octanol–water partition coefficient (Wildman–Crippen LogP) is 5.46. The number of fused-ring (bicyclic) bond motifs is 1. The second-order valence-corrected chi connectivity index (χ2v) is 7.46. The van der Waals surface area contributed by atoms with Gasteiger partial charge in [0.1, 0.15) is 17.9 Å². The lowest BCUT2D eigenvalue weighted by atomic mass is 9.98.